The Morgan fingerprint density at radius 1 is 1.18 bits per heavy atom. The number of benzene rings is 2. The van der Waals surface area contributed by atoms with Crippen LogP contribution in [0.15, 0.2) is 53.4 Å². The summed E-state index contributed by atoms with van der Waals surface area (Å²) in [5.74, 6) is 0. The van der Waals surface area contributed by atoms with E-state index in [1.54, 1.807) is 25.1 Å². The number of anilines is 1. The van der Waals surface area contributed by atoms with E-state index in [9.17, 15) is 8.42 Å². The zero-order valence-corrected chi connectivity index (χ0v) is 17.7. The van der Waals surface area contributed by atoms with E-state index < -0.39 is 10.0 Å². The van der Waals surface area contributed by atoms with Gasteiger partial charge in [0, 0.05) is 36.0 Å². The van der Waals surface area contributed by atoms with Gasteiger partial charge in [-0.25, -0.2) is 13.4 Å². The molecular formula is C20H20ClN3O2S2. The van der Waals surface area contributed by atoms with Crippen molar-refractivity contribution in [2.24, 2.45) is 0 Å². The number of halogens is 1. The second kappa shape index (κ2) is 7.83. The maximum atomic E-state index is 12.8. The Bertz CT molecular complexity index is 1100. The first-order valence-electron chi connectivity index (χ1n) is 8.95. The van der Waals surface area contributed by atoms with Gasteiger partial charge in [-0.3, -0.25) is 9.62 Å². The third-order valence-corrected chi connectivity index (χ3v) is 7.81. The standard InChI is InChI=1S/C20H20ClN3O2S2/c1-14-16(21)8-5-9-19(14)28(25,26)23-20-22-17-10-11-24(13-18(17)27-20)12-15-6-3-2-4-7-15/h2-9H,10-13H2,1H3,(H,22,23). The molecule has 2 aromatic carbocycles. The minimum atomic E-state index is -3.73. The van der Waals surface area contributed by atoms with Gasteiger partial charge in [0.15, 0.2) is 5.13 Å². The molecule has 0 spiro atoms. The van der Waals surface area contributed by atoms with E-state index in [4.69, 9.17) is 11.6 Å². The molecule has 8 heteroatoms. The summed E-state index contributed by atoms with van der Waals surface area (Å²) in [7, 11) is -3.73. The maximum absolute atomic E-state index is 12.8. The molecule has 0 radical (unpaired) electrons. The molecule has 1 aliphatic rings. The van der Waals surface area contributed by atoms with Crippen molar-refractivity contribution >= 4 is 38.1 Å². The number of nitrogens with zero attached hydrogens (tertiary/aromatic N) is 2. The molecule has 0 saturated heterocycles. The largest absolute Gasteiger partial charge is 0.294 e. The van der Waals surface area contributed by atoms with Crippen LogP contribution in [-0.2, 0) is 29.5 Å². The molecule has 3 aromatic rings. The highest BCUT2D eigenvalue weighted by molar-refractivity contribution is 7.93. The number of fused-ring (bicyclic) bond motifs is 1. The van der Waals surface area contributed by atoms with Crippen molar-refractivity contribution in [3.63, 3.8) is 0 Å². The molecule has 2 heterocycles. The van der Waals surface area contributed by atoms with E-state index in [0.717, 1.165) is 36.6 Å². The SMILES string of the molecule is Cc1c(Cl)cccc1S(=O)(=O)Nc1nc2c(s1)CN(Cc1ccccc1)CC2. The van der Waals surface area contributed by atoms with Gasteiger partial charge >= 0.3 is 0 Å². The molecule has 0 bridgehead atoms. The molecule has 0 saturated carbocycles. The summed E-state index contributed by atoms with van der Waals surface area (Å²) in [4.78, 5) is 8.17. The lowest BCUT2D eigenvalue weighted by Gasteiger charge is -2.25. The van der Waals surface area contributed by atoms with Crippen molar-refractivity contribution in [3.8, 4) is 0 Å². The highest BCUT2D eigenvalue weighted by Crippen LogP contribution is 2.31. The summed E-state index contributed by atoms with van der Waals surface area (Å²) in [5.41, 5.74) is 2.79. The van der Waals surface area contributed by atoms with Crippen molar-refractivity contribution in [1.82, 2.24) is 9.88 Å². The predicted octanol–water partition coefficient (Wildman–Crippen LogP) is 4.46. The van der Waals surface area contributed by atoms with E-state index >= 15 is 0 Å². The van der Waals surface area contributed by atoms with Crippen molar-refractivity contribution in [2.75, 3.05) is 11.3 Å². The van der Waals surface area contributed by atoms with Gasteiger partial charge in [-0.1, -0.05) is 59.3 Å². The highest BCUT2D eigenvalue weighted by Gasteiger charge is 2.24. The number of sulfonamides is 1. The fourth-order valence-electron chi connectivity index (χ4n) is 3.32. The topological polar surface area (TPSA) is 62.3 Å². The van der Waals surface area contributed by atoms with E-state index in [1.165, 1.54) is 16.9 Å². The smallest absolute Gasteiger partial charge is 0.263 e. The van der Waals surface area contributed by atoms with Gasteiger partial charge in [-0.05, 0) is 30.2 Å². The Hall–Kier alpha value is -1.93. The fraction of sp³-hybridized carbons (Fsp3) is 0.250. The van der Waals surface area contributed by atoms with Crippen LogP contribution in [0.5, 0.6) is 0 Å². The first kappa shape index (κ1) is 19.4. The molecule has 28 heavy (non-hydrogen) atoms. The molecule has 4 rings (SSSR count). The molecule has 0 atom stereocenters. The number of nitrogens with one attached hydrogen (secondary N) is 1. The van der Waals surface area contributed by atoms with Crippen LogP contribution in [0.25, 0.3) is 0 Å². The first-order chi connectivity index (χ1) is 13.4. The molecule has 5 nitrogen and oxygen atoms in total. The normalized spacial score (nSPS) is 14.6. The van der Waals surface area contributed by atoms with E-state index in [2.05, 4.69) is 26.7 Å². The van der Waals surface area contributed by atoms with Crippen molar-refractivity contribution in [3.05, 3.63) is 75.3 Å². The minimum Gasteiger partial charge on any atom is -0.294 e. The molecular weight excluding hydrogens is 414 g/mol. The quantitative estimate of drug-likeness (QED) is 0.645. The zero-order valence-electron chi connectivity index (χ0n) is 15.4. The Balaban J connectivity index is 1.51. The van der Waals surface area contributed by atoms with Crippen LogP contribution in [0.3, 0.4) is 0 Å². The molecule has 1 aliphatic heterocycles. The lowest BCUT2D eigenvalue weighted by Crippen LogP contribution is -2.29. The van der Waals surface area contributed by atoms with Crippen molar-refractivity contribution < 1.29 is 8.42 Å². The van der Waals surface area contributed by atoms with Gasteiger partial charge in [0.25, 0.3) is 10.0 Å². The lowest BCUT2D eigenvalue weighted by molar-refractivity contribution is 0.247. The number of hydrogen-bond acceptors (Lipinski definition) is 5. The van der Waals surface area contributed by atoms with Crippen LogP contribution in [0.4, 0.5) is 5.13 Å². The van der Waals surface area contributed by atoms with Gasteiger partial charge in [-0.15, -0.1) is 0 Å². The third-order valence-electron chi connectivity index (χ3n) is 4.79. The molecule has 1 aromatic heterocycles. The fourth-order valence-corrected chi connectivity index (χ4v) is 6.10. The minimum absolute atomic E-state index is 0.180. The van der Waals surface area contributed by atoms with Crippen LogP contribution in [-0.4, -0.2) is 24.8 Å². The molecule has 0 amide bonds. The lowest BCUT2D eigenvalue weighted by atomic mass is 10.1. The Morgan fingerprint density at radius 3 is 2.75 bits per heavy atom. The number of aromatic nitrogens is 1. The van der Waals surface area contributed by atoms with Gasteiger partial charge < -0.3 is 0 Å². The predicted molar refractivity (Wildman–Crippen MR) is 113 cm³/mol. The van der Waals surface area contributed by atoms with E-state index in [1.807, 2.05) is 18.2 Å². The Labute approximate surface area is 174 Å². The van der Waals surface area contributed by atoms with E-state index in [0.29, 0.717) is 15.7 Å². The van der Waals surface area contributed by atoms with Gasteiger partial charge in [0.1, 0.15) is 0 Å². The molecule has 0 aliphatic carbocycles. The summed E-state index contributed by atoms with van der Waals surface area (Å²) < 4.78 is 28.2. The van der Waals surface area contributed by atoms with Crippen LogP contribution < -0.4 is 4.72 Å². The summed E-state index contributed by atoms with van der Waals surface area (Å²) in [6.07, 6.45) is 0.816. The second-order valence-corrected chi connectivity index (χ2v) is 9.95. The molecule has 0 fully saturated rings. The first-order valence-corrected chi connectivity index (χ1v) is 11.6. The highest BCUT2D eigenvalue weighted by atomic mass is 35.5. The van der Waals surface area contributed by atoms with Gasteiger partial charge in [-0.2, -0.15) is 0 Å². The van der Waals surface area contributed by atoms with Crippen LogP contribution in [0, 0.1) is 6.92 Å². The van der Waals surface area contributed by atoms with Crippen LogP contribution in [0.2, 0.25) is 5.02 Å². The Morgan fingerprint density at radius 2 is 1.96 bits per heavy atom. The number of thiazole rings is 1. The van der Waals surface area contributed by atoms with E-state index in [-0.39, 0.29) is 4.90 Å². The summed E-state index contributed by atoms with van der Waals surface area (Å²) in [5, 5.41) is 0.837. The molecule has 0 unspecified atom stereocenters. The van der Waals surface area contributed by atoms with Crippen molar-refractivity contribution in [2.45, 2.75) is 31.3 Å². The third kappa shape index (κ3) is 4.07. The summed E-state index contributed by atoms with van der Waals surface area (Å²) in [6, 6.07) is 15.2. The summed E-state index contributed by atoms with van der Waals surface area (Å²) in [6.45, 7) is 4.26. The average molecular weight is 434 g/mol. The average Bonchev–Trinajstić information content (AvgIpc) is 3.05. The van der Waals surface area contributed by atoms with Gasteiger partial charge in [0.2, 0.25) is 0 Å². The number of hydrogen-bond donors (Lipinski definition) is 1. The zero-order chi connectivity index (χ0) is 19.7. The second-order valence-electron chi connectivity index (χ2n) is 6.80. The van der Waals surface area contributed by atoms with Crippen LogP contribution >= 0.6 is 22.9 Å². The number of rotatable bonds is 5. The maximum Gasteiger partial charge on any atom is 0.263 e. The Kier molecular flexibility index (Phi) is 5.42. The monoisotopic (exact) mass is 433 g/mol. The van der Waals surface area contributed by atoms with Gasteiger partial charge in [0.05, 0.1) is 10.6 Å². The summed E-state index contributed by atoms with van der Waals surface area (Å²) >= 11 is 7.48. The van der Waals surface area contributed by atoms with Crippen molar-refractivity contribution in [1.29, 1.82) is 0 Å². The van der Waals surface area contributed by atoms with Crippen LogP contribution in [0.1, 0.15) is 21.7 Å². The molecule has 1 N–H and O–H groups in total. The molecule has 146 valence electrons.